The molecule has 1 aromatic carbocycles. The second-order valence-corrected chi connectivity index (χ2v) is 7.60. The lowest BCUT2D eigenvalue weighted by atomic mass is 9.99. The molecule has 7 heteroatoms. The summed E-state index contributed by atoms with van der Waals surface area (Å²) >= 11 is 0. The Kier molecular flexibility index (Phi) is 6.67. The van der Waals surface area contributed by atoms with Crippen LogP contribution in [0.5, 0.6) is 5.75 Å². The van der Waals surface area contributed by atoms with E-state index in [-0.39, 0.29) is 17.3 Å². The lowest BCUT2D eigenvalue weighted by molar-refractivity contribution is 0.277. The topological polar surface area (TPSA) is 72.6 Å². The molecule has 0 atom stereocenters. The predicted molar refractivity (Wildman–Crippen MR) is 90.3 cm³/mol. The quantitative estimate of drug-likeness (QED) is 0.904. The molecule has 0 aromatic heterocycles. The van der Waals surface area contributed by atoms with E-state index >= 15 is 0 Å². The van der Waals surface area contributed by atoms with E-state index in [4.69, 9.17) is 10.5 Å². The van der Waals surface area contributed by atoms with Gasteiger partial charge >= 0.3 is 0 Å². The maximum absolute atomic E-state index is 12.9. The fourth-order valence-electron chi connectivity index (χ4n) is 2.89. The molecule has 22 heavy (non-hydrogen) atoms. The van der Waals surface area contributed by atoms with Gasteiger partial charge in [0.15, 0.2) is 0 Å². The highest BCUT2D eigenvalue weighted by Crippen LogP contribution is 2.33. The van der Waals surface area contributed by atoms with E-state index in [9.17, 15) is 8.42 Å². The van der Waals surface area contributed by atoms with Crippen molar-refractivity contribution in [1.29, 1.82) is 0 Å². The summed E-state index contributed by atoms with van der Waals surface area (Å²) in [5, 5.41) is 0. The second-order valence-electron chi connectivity index (χ2n) is 5.70. The van der Waals surface area contributed by atoms with Crippen LogP contribution in [0.2, 0.25) is 0 Å². The zero-order chi connectivity index (χ0) is 15.6. The normalized spacial score (nSPS) is 17.1. The number of aryl methyl sites for hydroxylation is 2. The Morgan fingerprint density at radius 1 is 1.27 bits per heavy atom. The van der Waals surface area contributed by atoms with Gasteiger partial charge < -0.3 is 10.5 Å². The number of rotatable bonds is 4. The van der Waals surface area contributed by atoms with Crippen LogP contribution in [-0.2, 0) is 10.0 Å². The molecule has 1 aromatic rings. The monoisotopic (exact) mass is 348 g/mol. The third-order valence-corrected chi connectivity index (χ3v) is 6.02. The molecule has 2 N–H and O–H groups in total. The number of benzene rings is 1. The largest absolute Gasteiger partial charge is 0.495 e. The molecule has 0 amide bonds. The number of halogens is 1. The van der Waals surface area contributed by atoms with Crippen molar-refractivity contribution in [2.24, 2.45) is 11.7 Å². The Hall–Kier alpha value is -0.820. The highest BCUT2D eigenvalue weighted by Gasteiger charge is 2.31. The van der Waals surface area contributed by atoms with Gasteiger partial charge in [0.1, 0.15) is 10.6 Å². The summed E-state index contributed by atoms with van der Waals surface area (Å²) in [7, 11) is -2.00. The Balaban J connectivity index is 0.00000242. The Morgan fingerprint density at radius 2 is 1.86 bits per heavy atom. The zero-order valence-corrected chi connectivity index (χ0v) is 15.0. The van der Waals surface area contributed by atoms with Gasteiger partial charge in [-0.15, -0.1) is 12.4 Å². The molecule has 0 bridgehead atoms. The number of piperidine rings is 1. The summed E-state index contributed by atoms with van der Waals surface area (Å²) in [6.07, 6.45) is 1.64. The van der Waals surface area contributed by atoms with E-state index < -0.39 is 10.0 Å². The van der Waals surface area contributed by atoms with E-state index in [1.165, 1.54) is 7.11 Å². The van der Waals surface area contributed by atoms with E-state index in [2.05, 4.69) is 0 Å². The lowest BCUT2D eigenvalue weighted by Crippen LogP contribution is -2.40. The van der Waals surface area contributed by atoms with E-state index in [1.54, 1.807) is 10.4 Å². The van der Waals surface area contributed by atoms with Crippen molar-refractivity contribution in [3.8, 4) is 5.75 Å². The van der Waals surface area contributed by atoms with E-state index in [0.29, 0.717) is 31.3 Å². The molecule has 0 aliphatic carbocycles. The average molecular weight is 349 g/mol. The SMILES string of the molecule is COc1c(C)cc(C)cc1S(=O)(=O)N1CCC(CN)CC1.Cl. The van der Waals surface area contributed by atoms with Crippen LogP contribution in [0.15, 0.2) is 17.0 Å². The number of sulfonamides is 1. The van der Waals surface area contributed by atoms with Crippen molar-refractivity contribution in [3.05, 3.63) is 23.3 Å². The molecule has 1 heterocycles. The van der Waals surface area contributed by atoms with Crippen LogP contribution < -0.4 is 10.5 Å². The van der Waals surface area contributed by atoms with Gasteiger partial charge in [-0.25, -0.2) is 8.42 Å². The molecule has 1 aliphatic heterocycles. The molecule has 1 fully saturated rings. The number of hydrogen-bond donors (Lipinski definition) is 1. The van der Waals surface area contributed by atoms with Crippen molar-refractivity contribution in [2.75, 3.05) is 26.7 Å². The molecule has 0 unspecified atom stereocenters. The van der Waals surface area contributed by atoms with Gasteiger partial charge in [0.2, 0.25) is 10.0 Å². The second kappa shape index (κ2) is 7.64. The van der Waals surface area contributed by atoms with Gasteiger partial charge in [0.25, 0.3) is 0 Å². The number of methoxy groups -OCH3 is 1. The Morgan fingerprint density at radius 3 is 2.36 bits per heavy atom. The maximum atomic E-state index is 12.9. The van der Waals surface area contributed by atoms with Crippen molar-refractivity contribution in [1.82, 2.24) is 4.31 Å². The number of hydrogen-bond acceptors (Lipinski definition) is 4. The Bertz CT molecular complexity index is 611. The highest BCUT2D eigenvalue weighted by atomic mass is 35.5. The first-order valence-electron chi connectivity index (χ1n) is 7.25. The lowest BCUT2D eigenvalue weighted by Gasteiger charge is -2.31. The molecular weight excluding hydrogens is 324 g/mol. The van der Waals surface area contributed by atoms with Gasteiger partial charge in [-0.2, -0.15) is 4.31 Å². The summed E-state index contributed by atoms with van der Waals surface area (Å²) in [6, 6.07) is 3.62. The first-order chi connectivity index (χ1) is 9.90. The Labute approximate surface area is 139 Å². The van der Waals surface area contributed by atoms with Crippen LogP contribution in [0.25, 0.3) is 0 Å². The molecular formula is C15H25ClN2O3S. The van der Waals surface area contributed by atoms with Gasteiger partial charge in [0, 0.05) is 13.1 Å². The van der Waals surface area contributed by atoms with E-state index in [0.717, 1.165) is 24.0 Å². The van der Waals surface area contributed by atoms with Crippen molar-refractivity contribution in [3.63, 3.8) is 0 Å². The maximum Gasteiger partial charge on any atom is 0.246 e. The van der Waals surface area contributed by atoms with Crippen LogP contribution in [0.1, 0.15) is 24.0 Å². The van der Waals surface area contributed by atoms with Gasteiger partial charge in [-0.3, -0.25) is 0 Å². The van der Waals surface area contributed by atoms with Crippen LogP contribution in [0.4, 0.5) is 0 Å². The number of nitrogens with two attached hydrogens (primary N) is 1. The minimum absolute atomic E-state index is 0. The number of ether oxygens (including phenoxy) is 1. The summed E-state index contributed by atoms with van der Waals surface area (Å²) in [6.45, 7) is 5.44. The summed E-state index contributed by atoms with van der Waals surface area (Å²) in [5.41, 5.74) is 7.43. The minimum Gasteiger partial charge on any atom is -0.495 e. The average Bonchev–Trinajstić information content (AvgIpc) is 2.46. The molecule has 126 valence electrons. The molecule has 5 nitrogen and oxygen atoms in total. The molecule has 2 rings (SSSR count). The molecule has 1 saturated heterocycles. The third kappa shape index (κ3) is 3.74. The zero-order valence-electron chi connectivity index (χ0n) is 13.3. The van der Waals surface area contributed by atoms with Gasteiger partial charge in [-0.1, -0.05) is 6.07 Å². The van der Waals surface area contributed by atoms with Crippen LogP contribution >= 0.6 is 12.4 Å². The molecule has 0 spiro atoms. The first kappa shape index (κ1) is 19.2. The van der Waals surface area contributed by atoms with Crippen molar-refractivity contribution < 1.29 is 13.2 Å². The van der Waals surface area contributed by atoms with Crippen LogP contribution in [-0.4, -0.2) is 39.5 Å². The van der Waals surface area contributed by atoms with E-state index in [1.807, 2.05) is 19.9 Å². The minimum atomic E-state index is -3.51. The van der Waals surface area contributed by atoms with Gasteiger partial charge in [0.05, 0.1) is 7.11 Å². The fourth-order valence-corrected chi connectivity index (χ4v) is 4.68. The van der Waals surface area contributed by atoms with Crippen molar-refractivity contribution >= 4 is 22.4 Å². The van der Waals surface area contributed by atoms with Crippen LogP contribution in [0, 0.1) is 19.8 Å². The highest BCUT2D eigenvalue weighted by molar-refractivity contribution is 7.89. The third-order valence-electron chi connectivity index (χ3n) is 4.11. The summed E-state index contributed by atoms with van der Waals surface area (Å²) in [4.78, 5) is 0.272. The van der Waals surface area contributed by atoms with Crippen LogP contribution in [0.3, 0.4) is 0 Å². The molecule has 0 saturated carbocycles. The molecule has 1 aliphatic rings. The predicted octanol–water partition coefficient (Wildman–Crippen LogP) is 2.09. The van der Waals surface area contributed by atoms with Crippen molar-refractivity contribution in [2.45, 2.75) is 31.6 Å². The number of nitrogens with zero attached hydrogens (tertiary/aromatic N) is 1. The first-order valence-corrected chi connectivity index (χ1v) is 8.69. The smallest absolute Gasteiger partial charge is 0.246 e. The van der Waals surface area contributed by atoms with Gasteiger partial charge in [-0.05, 0) is 56.3 Å². The summed E-state index contributed by atoms with van der Waals surface area (Å²) < 4.78 is 32.6. The molecule has 0 radical (unpaired) electrons. The summed E-state index contributed by atoms with van der Waals surface area (Å²) in [5.74, 6) is 0.874. The fraction of sp³-hybridized carbons (Fsp3) is 0.600. The standard InChI is InChI=1S/C15H24N2O3S.ClH/c1-11-8-12(2)15(20-3)14(9-11)21(18,19)17-6-4-13(10-16)5-7-17;/h8-9,13H,4-7,10,16H2,1-3H3;1H.